The second kappa shape index (κ2) is 15.8. The first-order valence-electron chi connectivity index (χ1n) is 14.9. The summed E-state index contributed by atoms with van der Waals surface area (Å²) in [6.45, 7) is 0.362. The van der Waals surface area contributed by atoms with Crippen molar-refractivity contribution in [1.82, 2.24) is 25.5 Å². The van der Waals surface area contributed by atoms with E-state index in [0.29, 0.717) is 43.1 Å². The summed E-state index contributed by atoms with van der Waals surface area (Å²) in [6, 6.07) is 23.8. The minimum atomic E-state index is -0.847. The molecule has 1 aliphatic heterocycles. The molecule has 3 N–H and O–H groups in total. The first-order chi connectivity index (χ1) is 21.9. The summed E-state index contributed by atoms with van der Waals surface area (Å²) in [5, 5.41) is 33.6. The van der Waals surface area contributed by atoms with Crippen molar-refractivity contribution in [2.45, 2.75) is 68.9 Å². The van der Waals surface area contributed by atoms with Crippen LogP contribution in [0, 0.1) is 0 Å². The van der Waals surface area contributed by atoms with Crippen LogP contribution in [0.2, 0.25) is 0 Å². The standard InChI is InChI=1S/C33H37N5O6S/c1-38-33(35-36-37-38)45-21-27-18-29(24-12-10-22(20-39)11-13-24)44-32(43-27)25-16-14-23(15-17-25)28-7-3-2-6-26(28)19-34-30(40)8-4-5-9-31(41)42/h2-3,6-7,10-17,27,29,32,39H,4-5,8-9,18-21H2,1H3,(H,34,40)(H,41,42). The van der Waals surface area contributed by atoms with Crippen LogP contribution < -0.4 is 5.32 Å². The molecule has 1 aliphatic rings. The number of carboxylic acids is 1. The second-order valence-electron chi connectivity index (χ2n) is 10.9. The van der Waals surface area contributed by atoms with Gasteiger partial charge in [0.15, 0.2) is 6.29 Å². The fraction of sp³-hybridized carbons (Fsp3) is 0.364. The summed E-state index contributed by atoms with van der Waals surface area (Å²) in [5.41, 5.74) is 5.74. The fourth-order valence-electron chi connectivity index (χ4n) is 5.15. The van der Waals surface area contributed by atoms with Crippen LogP contribution in [-0.2, 0) is 39.3 Å². The molecule has 45 heavy (non-hydrogen) atoms. The van der Waals surface area contributed by atoms with Crippen LogP contribution in [-0.4, -0.2) is 54.2 Å². The molecule has 0 bridgehead atoms. The topological polar surface area (TPSA) is 149 Å². The highest BCUT2D eigenvalue weighted by molar-refractivity contribution is 7.99. The molecule has 1 saturated heterocycles. The molecule has 11 nitrogen and oxygen atoms in total. The Balaban J connectivity index is 1.27. The Bertz CT molecular complexity index is 1560. The molecule has 2 heterocycles. The minimum absolute atomic E-state index is 0.0149. The number of aromatic nitrogens is 4. The number of hydrogen-bond donors (Lipinski definition) is 3. The van der Waals surface area contributed by atoms with Gasteiger partial charge in [-0.05, 0) is 51.1 Å². The van der Waals surface area contributed by atoms with E-state index in [1.807, 2.05) is 72.8 Å². The van der Waals surface area contributed by atoms with Gasteiger partial charge in [-0.3, -0.25) is 9.59 Å². The second-order valence-corrected chi connectivity index (χ2v) is 11.9. The summed E-state index contributed by atoms with van der Waals surface area (Å²) in [7, 11) is 1.81. The Morgan fingerprint density at radius 3 is 2.42 bits per heavy atom. The Labute approximate surface area is 266 Å². The zero-order chi connectivity index (χ0) is 31.6. The van der Waals surface area contributed by atoms with Crippen molar-refractivity contribution in [3.8, 4) is 11.1 Å². The normalized spacial score (nSPS) is 18.0. The van der Waals surface area contributed by atoms with Crippen LogP contribution in [0.1, 0.15) is 66.8 Å². The van der Waals surface area contributed by atoms with Crippen molar-refractivity contribution in [3.63, 3.8) is 0 Å². The van der Waals surface area contributed by atoms with Gasteiger partial charge in [0.25, 0.3) is 0 Å². The number of aliphatic hydroxyl groups excluding tert-OH is 1. The predicted molar refractivity (Wildman–Crippen MR) is 168 cm³/mol. The third-order valence-corrected chi connectivity index (χ3v) is 8.77. The fourth-order valence-corrected chi connectivity index (χ4v) is 6.02. The largest absolute Gasteiger partial charge is 0.481 e. The highest BCUT2D eigenvalue weighted by Gasteiger charge is 2.32. The summed E-state index contributed by atoms with van der Waals surface area (Å²) in [6.07, 6.45) is 1.13. The molecular formula is C33H37N5O6S. The van der Waals surface area contributed by atoms with Gasteiger partial charge in [0, 0.05) is 44.2 Å². The molecule has 5 rings (SSSR count). The summed E-state index contributed by atoms with van der Waals surface area (Å²) >= 11 is 1.53. The quantitative estimate of drug-likeness (QED) is 0.129. The van der Waals surface area contributed by atoms with Gasteiger partial charge in [-0.1, -0.05) is 84.6 Å². The molecule has 3 atom stereocenters. The van der Waals surface area contributed by atoms with Gasteiger partial charge >= 0.3 is 5.97 Å². The van der Waals surface area contributed by atoms with E-state index in [1.165, 1.54) is 11.8 Å². The number of hydrogen-bond acceptors (Lipinski definition) is 9. The van der Waals surface area contributed by atoms with Crippen molar-refractivity contribution in [2.75, 3.05) is 5.75 Å². The predicted octanol–water partition coefficient (Wildman–Crippen LogP) is 4.97. The highest BCUT2D eigenvalue weighted by Crippen LogP contribution is 2.39. The van der Waals surface area contributed by atoms with E-state index in [0.717, 1.165) is 33.4 Å². The molecule has 0 saturated carbocycles. The van der Waals surface area contributed by atoms with Gasteiger partial charge in [0.1, 0.15) is 0 Å². The van der Waals surface area contributed by atoms with Crippen molar-refractivity contribution in [3.05, 3.63) is 95.1 Å². The van der Waals surface area contributed by atoms with E-state index in [2.05, 4.69) is 20.8 Å². The minimum Gasteiger partial charge on any atom is -0.481 e. The van der Waals surface area contributed by atoms with Gasteiger partial charge in [-0.2, -0.15) is 0 Å². The van der Waals surface area contributed by atoms with Gasteiger partial charge in [-0.15, -0.1) is 5.10 Å². The van der Waals surface area contributed by atoms with Gasteiger partial charge in [-0.25, -0.2) is 4.68 Å². The Morgan fingerprint density at radius 1 is 0.978 bits per heavy atom. The molecule has 0 spiro atoms. The van der Waals surface area contributed by atoms with E-state index in [4.69, 9.17) is 14.6 Å². The molecule has 1 amide bonds. The van der Waals surface area contributed by atoms with E-state index >= 15 is 0 Å². The van der Waals surface area contributed by atoms with Gasteiger partial charge < -0.3 is 25.0 Å². The van der Waals surface area contributed by atoms with Gasteiger partial charge in [0.05, 0.1) is 18.8 Å². The third-order valence-electron chi connectivity index (χ3n) is 7.63. The van der Waals surface area contributed by atoms with Crippen LogP contribution in [0.15, 0.2) is 78.0 Å². The lowest BCUT2D eigenvalue weighted by molar-refractivity contribution is -0.245. The third kappa shape index (κ3) is 8.98. The lowest BCUT2D eigenvalue weighted by atomic mass is 9.97. The number of aryl methyl sites for hydroxylation is 1. The van der Waals surface area contributed by atoms with Crippen molar-refractivity contribution in [2.24, 2.45) is 7.05 Å². The maximum absolute atomic E-state index is 12.3. The average molecular weight is 632 g/mol. The Hall–Kier alpha value is -4.10. The van der Waals surface area contributed by atoms with Crippen LogP contribution in [0.25, 0.3) is 11.1 Å². The van der Waals surface area contributed by atoms with E-state index < -0.39 is 12.3 Å². The number of carbonyl (C=O) groups is 2. The molecule has 1 fully saturated rings. The van der Waals surface area contributed by atoms with Crippen LogP contribution in [0.5, 0.6) is 0 Å². The lowest BCUT2D eigenvalue weighted by Crippen LogP contribution is -2.31. The average Bonchev–Trinajstić information content (AvgIpc) is 3.49. The molecule has 236 valence electrons. The smallest absolute Gasteiger partial charge is 0.303 e. The number of carboxylic acid groups (broad SMARTS) is 1. The molecule has 3 unspecified atom stereocenters. The number of carbonyl (C=O) groups excluding carboxylic acids is 1. The van der Waals surface area contributed by atoms with Gasteiger partial charge in [0.2, 0.25) is 11.1 Å². The lowest BCUT2D eigenvalue weighted by Gasteiger charge is -2.36. The molecule has 0 radical (unpaired) electrons. The number of aliphatic hydroxyl groups is 1. The zero-order valence-corrected chi connectivity index (χ0v) is 25.9. The molecule has 0 aliphatic carbocycles. The van der Waals surface area contributed by atoms with E-state index in [-0.39, 0.29) is 31.1 Å². The van der Waals surface area contributed by atoms with Crippen molar-refractivity contribution < 1.29 is 29.3 Å². The van der Waals surface area contributed by atoms with Crippen LogP contribution in [0.3, 0.4) is 0 Å². The van der Waals surface area contributed by atoms with Crippen molar-refractivity contribution >= 4 is 23.6 Å². The van der Waals surface area contributed by atoms with Crippen LogP contribution in [0.4, 0.5) is 0 Å². The number of thioether (sulfide) groups is 1. The number of unbranched alkanes of at least 4 members (excludes halogenated alkanes) is 1. The molecule has 3 aromatic carbocycles. The van der Waals surface area contributed by atoms with E-state index in [9.17, 15) is 14.7 Å². The summed E-state index contributed by atoms with van der Waals surface area (Å²) in [5.74, 6) is -0.295. The SMILES string of the molecule is Cn1nnnc1SCC1CC(c2ccc(CO)cc2)OC(c2ccc(-c3ccccc3CNC(=O)CCCCC(=O)O)cc2)O1. The summed E-state index contributed by atoms with van der Waals surface area (Å²) < 4.78 is 14.6. The molecule has 1 aromatic heterocycles. The number of benzene rings is 3. The number of nitrogens with one attached hydrogen (secondary N) is 1. The Morgan fingerprint density at radius 2 is 1.71 bits per heavy atom. The highest BCUT2D eigenvalue weighted by atomic mass is 32.2. The van der Waals surface area contributed by atoms with E-state index in [1.54, 1.807) is 11.7 Å². The number of ether oxygens (including phenoxy) is 2. The summed E-state index contributed by atoms with van der Waals surface area (Å²) in [4.78, 5) is 23.0. The molecule has 4 aromatic rings. The number of rotatable bonds is 14. The number of tetrazole rings is 1. The first-order valence-corrected chi connectivity index (χ1v) is 15.9. The molecular weight excluding hydrogens is 594 g/mol. The number of nitrogens with zero attached hydrogens (tertiary/aromatic N) is 4. The maximum atomic E-state index is 12.3. The Kier molecular flexibility index (Phi) is 11.3. The van der Waals surface area contributed by atoms with Crippen LogP contribution >= 0.6 is 11.8 Å². The number of aliphatic carboxylic acids is 1. The molecule has 12 heteroatoms. The first kappa shape index (κ1) is 32.3. The monoisotopic (exact) mass is 631 g/mol. The number of amides is 1. The van der Waals surface area contributed by atoms with Crippen molar-refractivity contribution in [1.29, 1.82) is 0 Å². The maximum Gasteiger partial charge on any atom is 0.303 e. The zero-order valence-electron chi connectivity index (χ0n) is 25.0.